The number of aliphatic hydroxyl groups excluding tert-OH is 1. The molecule has 4 heteroatoms. The zero-order chi connectivity index (χ0) is 11.8. The molecule has 0 bridgehead atoms. The molecule has 86 valence electrons. The molecule has 0 aliphatic carbocycles. The molecule has 1 aliphatic heterocycles. The highest BCUT2D eigenvalue weighted by atomic mass is 16.7. The molecule has 1 N–H and O–H groups in total. The molecule has 0 amide bonds. The van der Waals surface area contributed by atoms with Gasteiger partial charge in [-0.05, 0) is 31.8 Å². The summed E-state index contributed by atoms with van der Waals surface area (Å²) in [5, 5.41) is 8.96. The summed E-state index contributed by atoms with van der Waals surface area (Å²) in [6.07, 6.45) is 0.0787. The minimum Gasteiger partial charge on any atom is -0.402 e. The largest absolute Gasteiger partial charge is 0.494 e. The maximum Gasteiger partial charge on any atom is 0.494 e. The average Bonchev–Trinajstić information content (AvgIpc) is 2.54. The first-order chi connectivity index (χ1) is 7.53. The summed E-state index contributed by atoms with van der Waals surface area (Å²) < 4.78 is 11.6. The molecule has 1 aromatic carbocycles. The molecule has 1 aromatic rings. The monoisotopic (exact) mass is 220 g/mol. The fourth-order valence-corrected chi connectivity index (χ4v) is 1.68. The van der Waals surface area contributed by atoms with Crippen molar-refractivity contribution >= 4 is 12.6 Å². The Morgan fingerprint density at radius 3 is 2.38 bits per heavy atom. The van der Waals surface area contributed by atoms with Crippen molar-refractivity contribution in [3.8, 4) is 0 Å². The van der Waals surface area contributed by atoms with Gasteiger partial charge in [0.05, 0.1) is 18.3 Å². The Hall–Kier alpha value is -0.835. The van der Waals surface area contributed by atoms with Gasteiger partial charge < -0.3 is 14.4 Å². The van der Waals surface area contributed by atoms with Crippen molar-refractivity contribution in [2.24, 2.45) is 0 Å². The third-order valence-electron chi connectivity index (χ3n) is 3.15. The van der Waals surface area contributed by atoms with E-state index in [1.165, 1.54) is 0 Å². The standard InChI is InChI=1S/C12H17BO3/c1-9-12(2,3)16-13(15-9)11-6-4-10(8-14)5-7-11/h4-7,9,14H,8H2,1-3H3. The Bertz CT molecular complexity index is 361. The van der Waals surface area contributed by atoms with Crippen molar-refractivity contribution in [2.75, 3.05) is 0 Å². The van der Waals surface area contributed by atoms with Crippen LogP contribution in [0.15, 0.2) is 24.3 Å². The van der Waals surface area contributed by atoms with Crippen molar-refractivity contribution in [1.82, 2.24) is 0 Å². The van der Waals surface area contributed by atoms with Crippen LogP contribution in [0.3, 0.4) is 0 Å². The van der Waals surface area contributed by atoms with E-state index < -0.39 is 0 Å². The van der Waals surface area contributed by atoms with Crippen molar-refractivity contribution < 1.29 is 14.4 Å². The van der Waals surface area contributed by atoms with Crippen LogP contribution in [0.2, 0.25) is 0 Å². The molecule has 1 unspecified atom stereocenters. The molecular weight excluding hydrogens is 203 g/mol. The van der Waals surface area contributed by atoms with Crippen LogP contribution >= 0.6 is 0 Å². The summed E-state index contributed by atoms with van der Waals surface area (Å²) >= 11 is 0. The fraction of sp³-hybridized carbons (Fsp3) is 0.500. The van der Waals surface area contributed by atoms with E-state index in [9.17, 15) is 0 Å². The van der Waals surface area contributed by atoms with Crippen LogP contribution in [-0.2, 0) is 15.9 Å². The van der Waals surface area contributed by atoms with Crippen LogP contribution in [0.25, 0.3) is 0 Å². The molecule has 0 saturated carbocycles. The summed E-state index contributed by atoms with van der Waals surface area (Å²) in [5.74, 6) is 0. The van der Waals surface area contributed by atoms with Crippen LogP contribution in [0.4, 0.5) is 0 Å². The van der Waals surface area contributed by atoms with E-state index in [0.29, 0.717) is 0 Å². The van der Waals surface area contributed by atoms with Gasteiger partial charge in [-0.2, -0.15) is 0 Å². The predicted octanol–water partition coefficient (Wildman–Crippen LogP) is 1.09. The molecular formula is C12H17BO3. The molecule has 1 aliphatic rings. The highest BCUT2D eigenvalue weighted by molar-refractivity contribution is 6.61. The number of aliphatic hydroxyl groups is 1. The minimum absolute atomic E-state index is 0.0640. The van der Waals surface area contributed by atoms with Crippen molar-refractivity contribution in [3.05, 3.63) is 29.8 Å². The Balaban J connectivity index is 2.14. The summed E-state index contributed by atoms with van der Waals surface area (Å²) in [5.41, 5.74) is 1.64. The Morgan fingerprint density at radius 1 is 1.31 bits per heavy atom. The van der Waals surface area contributed by atoms with Gasteiger partial charge in [0, 0.05) is 0 Å². The van der Waals surface area contributed by atoms with E-state index in [1.54, 1.807) is 0 Å². The molecule has 16 heavy (non-hydrogen) atoms. The molecule has 0 spiro atoms. The van der Waals surface area contributed by atoms with E-state index >= 15 is 0 Å². The molecule has 0 aromatic heterocycles. The minimum atomic E-state index is -0.294. The van der Waals surface area contributed by atoms with Gasteiger partial charge >= 0.3 is 7.12 Å². The van der Waals surface area contributed by atoms with Crippen LogP contribution < -0.4 is 5.46 Å². The normalized spacial score (nSPS) is 23.8. The summed E-state index contributed by atoms with van der Waals surface area (Å²) in [4.78, 5) is 0. The summed E-state index contributed by atoms with van der Waals surface area (Å²) in [7, 11) is -0.294. The second-order valence-electron chi connectivity index (χ2n) is 4.73. The summed E-state index contributed by atoms with van der Waals surface area (Å²) in [6, 6.07) is 7.64. The van der Waals surface area contributed by atoms with Crippen molar-refractivity contribution in [3.63, 3.8) is 0 Å². The fourth-order valence-electron chi connectivity index (χ4n) is 1.68. The van der Waals surface area contributed by atoms with Gasteiger partial charge in [-0.25, -0.2) is 0 Å². The Morgan fingerprint density at radius 2 is 1.94 bits per heavy atom. The second kappa shape index (κ2) is 4.20. The van der Waals surface area contributed by atoms with E-state index in [1.807, 2.05) is 45.0 Å². The maximum absolute atomic E-state index is 8.96. The van der Waals surface area contributed by atoms with Gasteiger partial charge in [-0.1, -0.05) is 24.3 Å². The molecule has 2 rings (SSSR count). The highest BCUT2D eigenvalue weighted by Gasteiger charge is 2.43. The zero-order valence-electron chi connectivity index (χ0n) is 9.93. The molecule has 1 fully saturated rings. The number of rotatable bonds is 2. The Labute approximate surface area is 96.5 Å². The lowest BCUT2D eigenvalue weighted by molar-refractivity contribution is 0.0842. The first-order valence-corrected chi connectivity index (χ1v) is 5.56. The van der Waals surface area contributed by atoms with Gasteiger partial charge in [-0.15, -0.1) is 0 Å². The summed E-state index contributed by atoms with van der Waals surface area (Å²) in [6.45, 7) is 6.14. The quantitative estimate of drug-likeness (QED) is 0.758. The molecule has 0 radical (unpaired) electrons. The SMILES string of the molecule is CC1OB(c2ccc(CO)cc2)OC1(C)C. The third kappa shape index (κ3) is 2.14. The van der Waals surface area contributed by atoms with Crippen LogP contribution in [0.5, 0.6) is 0 Å². The lowest BCUT2D eigenvalue weighted by atomic mass is 9.79. The number of hydrogen-bond donors (Lipinski definition) is 1. The lowest BCUT2D eigenvalue weighted by Crippen LogP contribution is -2.34. The van der Waals surface area contributed by atoms with Crippen LogP contribution in [0, 0.1) is 0 Å². The molecule has 1 heterocycles. The van der Waals surface area contributed by atoms with E-state index in [4.69, 9.17) is 14.4 Å². The van der Waals surface area contributed by atoms with Gasteiger partial charge in [0.2, 0.25) is 0 Å². The van der Waals surface area contributed by atoms with E-state index in [-0.39, 0.29) is 25.4 Å². The zero-order valence-corrected chi connectivity index (χ0v) is 9.93. The first-order valence-electron chi connectivity index (χ1n) is 5.56. The van der Waals surface area contributed by atoms with Gasteiger partial charge in [0.25, 0.3) is 0 Å². The first kappa shape index (κ1) is 11.6. The van der Waals surface area contributed by atoms with Gasteiger partial charge in [0.1, 0.15) is 0 Å². The Kier molecular flexibility index (Phi) is 3.06. The van der Waals surface area contributed by atoms with Gasteiger partial charge in [-0.3, -0.25) is 0 Å². The smallest absolute Gasteiger partial charge is 0.402 e. The number of hydrogen-bond acceptors (Lipinski definition) is 3. The van der Waals surface area contributed by atoms with E-state index in [2.05, 4.69) is 0 Å². The van der Waals surface area contributed by atoms with Gasteiger partial charge in [0.15, 0.2) is 0 Å². The predicted molar refractivity (Wildman–Crippen MR) is 63.5 cm³/mol. The molecule has 1 saturated heterocycles. The van der Waals surface area contributed by atoms with Crippen molar-refractivity contribution in [2.45, 2.75) is 39.1 Å². The topological polar surface area (TPSA) is 38.7 Å². The molecule has 1 atom stereocenters. The lowest BCUT2D eigenvalue weighted by Gasteiger charge is -2.21. The molecule has 3 nitrogen and oxygen atoms in total. The maximum atomic E-state index is 8.96. The van der Waals surface area contributed by atoms with Crippen molar-refractivity contribution in [1.29, 1.82) is 0 Å². The van der Waals surface area contributed by atoms with E-state index in [0.717, 1.165) is 11.0 Å². The second-order valence-corrected chi connectivity index (χ2v) is 4.73. The van der Waals surface area contributed by atoms with Crippen LogP contribution in [0.1, 0.15) is 26.3 Å². The average molecular weight is 220 g/mol. The highest BCUT2D eigenvalue weighted by Crippen LogP contribution is 2.26. The number of benzene rings is 1. The third-order valence-corrected chi connectivity index (χ3v) is 3.15. The van der Waals surface area contributed by atoms with Crippen LogP contribution in [-0.4, -0.2) is 23.9 Å².